The van der Waals surface area contributed by atoms with E-state index in [1.807, 2.05) is 11.0 Å². The van der Waals surface area contributed by atoms with Gasteiger partial charge in [0.05, 0.1) is 6.54 Å². The molecular formula is C24H32IN5O. The first-order valence-electron chi connectivity index (χ1n) is 10.8. The van der Waals surface area contributed by atoms with Crippen molar-refractivity contribution in [2.24, 2.45) is 4.99 Å². The van der Waals surface area contributed by atoms with Crippen molar-refractivity contribution in [2.45, 2.75) is 32.4 Å². The number of hydrogen-bond acceptors (Lipinski definition) is 3. The van der Waals surface area contributed by atoms with Gasteiger partial charge in [-0.1, -0.05) is 42.0 Å². The molecule has 31 heavy (non-hydrogen) atoms. The van der Waals surface area contributed by atoms with Crippen LogP contribution in [-0.4, -0.2) is 56.0 Å². The van der Waals surface area contributed by atoms with Crippen molar-refractivity contribution in [1.82, 2.24) is 15.5 Å². The molecule has 2 aliphatic heterocycles. The fraction of sp³-hybridized carbons (Fsp3) is 0.417. The highest BCUT2D eigenvalue weighted by molar-refractivity contribution is 14.0. The summed E-state index contributed by atoms with van der Waals surface area (Å²) < 4.78 is 0. The van der Waals surface area contributed by atoms with Crippen LogP contribution in [-0.2, 0) is 17.8 Å². The number of guanidine groups is 1. The molecule has 2 aliphatic rings. The Morgan fingerprint density at radius 1 is 1.10 bits per heavy atom. The smallest absolute Gasteiger partial charge is 0.242 e. The van der Waals surface area contributed by atoms with E-state index in [4.69, 9.17) is 0 Å². The van der Waals surface area contributed by atoms with Crippen LogP contribution in [0, 0.1) is 6.92 Å². The van der Waals surface area contributed by atoms with Crippen LogP contribution >= 0.6 is 24.0 Å². The molecule has 0 spiro atoms. The average Bonchev–Trinajstić information content (AvgIpc) is 3.25. The number of fused-ring (bicyclic) bond motifs is 1. The van der Waals surface area contributed by atoms with Crippen molar-refractivity contribution < 1.29 is 4.79 Å². The minimum absolute atomic E-state index is 0. The van der Waals surface area contributed by atoms with Gasteiger partial charge in [-0.3, -0.25) is 9.79 Å². The Morgan fingerprint density at radius 2 is 1.84 bits per heavy atom. The number of aryl methyl sites for hydroxylation is 1. The van der Waals surface area contributed by atoms with Crippen LogP contribution in [0.3, 0.4) is 0 Å². The molecule has 1 fully saturated rings. The summed E-state index contributed by atoms with van der Waals surface area (Å²) in [5.41, 5.74) is 5.14. The molecule has 4 rings (SSSR count). The number of halogens is 1. The molecule has 0 aromatic heterocycles. The van der Waals surface area contributed by atoms with Crippen LogP contribution < -0.4 is 15.5 Å². The lowest BCUT2D eigenvalue weighted by molar-refractivity contribution is -0.130. The first kappa shape index (κ1) is 23.4. The monoisotopic (exact) mass is 533 g/mol. The normalized spacial score (nSPS) is 18.3. The molecule has 0 radical (unpaired) electrons. The largest absolute Gasteiger partial charge is 0.369 e. The molecule has 1 amide bonds. The quantitative estimate of drug-likeness (QED) is 0.361. The second-order valence-electron chi connectivity index (χ2n) is 8.17. The number of carbonyl (C=O) groups excluding carboxylic acids is 1. The van der Waals surface area contributed by atoms with Gasteiger partial charge in [-0.15, -0.1) is 24.0 Å². The first-order chi connectivity index (χ1) is 14.6. The van der Waals surface area contributed by atoms with Crippen LogP contribution in [0.4, 0.5) is 5.69 Å². The molecule has 0 aliphatic carbocycles. The summed E-state index contributed by atoms with van der Waals surface area (Å²) in [6, 6.07) is 17.4. The van der Waals surface area contributed by atoms with Crippen LogP contribution in [0.2, 0.25) is 0 Å². The molecule has 6 nitrogen and oxygen atoms in total. The van der Waals surface area contributed by atoms with Gasteiger partial charge in [0, 0.05) is 45.0 Å². The topological polar surface area (TPSA) is 60.0 Å². The molecule has 2 heterocycles. The molecule has 2 aromatic carbocycles. The number of rotatable bonds is 4. The minimum atomic E-state index is 0. The van der Waals surface area contributed by atoms with Crippen molar-refractivity contribution in [2.75, 3.05) is 38.1 Å². The third-order valence-corrected chi connectivity index (χ3v) is 6.04. The summed E-state index contributed by atoms with van der Waals surface area (Å²) in [4.78, 5) is 21.3. The maximum atomic E-state index is 12.7. The third-order valence-electron chi connectivity index (χ3n) is 6.04. The van der Waals surface area contributed by atoms with Gasteiger partial charge < -0.3 is 20.4 Å². The standard InChI is InChI=1S/C24H31N5O.HI/c1-18-7-9-22(10-8-18)28-14-12-21(17-28)27-24(25-2)26-15-23(30)29-13-11-19-5-3-4-6-20(19)16-29;/h3-10,21H,11-17H2,1-2H3,(H2,25,26,27);1H. The lowest BCUT2D eigenvalue weighted by Gasteiger charge is -2.29. The molecule has 0 saturated carbocycles. The summed E-state index contributed by atoms with van der Waals surface area (Å²) >= 11 is 0. The second-order valence-corrected chi connectivity index (χ2v) is 8.17. The highest BCUT2D eigenvalue weighted by atomic mass is 127. The van der Waals surface area contributed by atoms with Crippen LogP contribution in [0.1, 0.15) is 23.1 Å². The van der Waals surface area contributed by atoms with Gasteiger partial charge in [0.15, 0.2) is 5.96 Å². The van der Waals surface area contributed by atoms with Crippen LogP contribution in [0.25, 0.3) is 0 Å². The molecule has 2 aromatic rings. The molecule has 2 N–H and O–H groups in total. The zero-order valence-corrected chi connectivity index (χ0v) is 20.6. The highest BCUT2D eigenvalue weighted by Gasteiger charge is 2.24. The Hall–Kier alpha value is -2.29. The van der Waals surface area contributed by atoms with Gasteiger partial charge in [0.2, 0.25) is 5.91 Å². The van der Waals surface area contributed by atoms with Crippen molar-refractivity contribution in [1.29, 1.82) is 0 Å². The van der Waals surface area contributed by atoms with E-state index in [9.17, 15) is 4.79 Å². The number of amides is 1. The molecule has 166 valence electrons. The number of aliphatic imine (C=N–C) groups is 1. The van der Waals surface area contributed by atoms with E-state index < -0.39 is 0 Å². The van der Waals surface area contributed by atoms with Crippen molar-refractivity contribution >= 4 is 41.5 Å². The zero-order chi connectivity index (χ0) is 20.9. The van der Waals surface area contributed by atoms with Gasteiger partial charge in [-0.25, -0.2) is 0 Å². The number of benzene rings is 2. The van der Waals surface area contributed by atoms with Crippen LogP contribution in [0.5, 0.6) is 0 Å². The van der Waals surface area contributed by atoms with Gasteiger partial charge in [0.1, 0.15) is 0 Å². The van der Waals surface area contributed by atoms with Gasteiger partial charge in [0.25, 0.3) is 0 Å². The maximum absolute atomic E-state index is 12.7. The number of carbonyl (C=O) groups is 1. The molecule has 7 heteroatoms. The molecule has 1 saturated heterocycles. The van der Waals surface area contributed by atoms with E-state index in [0.717, 1.165) is 32.5 Å². The van der Waals surface area contributed by atoms with Crippen molar-refractivity contribution in [3.8, 4) is 0 Å². The van der Waals surface area contributed by atoms with E-state index in [1.165, 1.54) is 22.4 Å². The molecule has 0 bridgehead atoms. The zero-order valence-electron chi connectivity index (χ0n) is 18.3. The molecule has 1 atom stereocenters. The Balaban J connectivity index is 0.00000272. The lowest BCUT2D eigenvalue weighted by Crippen LogP contribution is -2.48. The van der Waals surface area contributed by atoms with Crippen molar-refractivity contribution in [3.63, 3.8) is 0 Å². The number of hydrogen-bond donors (Lipinski definition) is 2. The Kier molecular flexibility index (Phi) is 8.17. The van der Waals surface area contributed by atoms with Gasteiger partial charge >= 0.3 is 0 Å². The summed E-state index contributed by atoms with van der Waals surface area (Å²) in [6.45, 7) is 5.78. The minimum Gasteiger partial charge on any atom is -0.369 e. The SMILES string of the molecule is CN=C(NCC(=O)N1CCc2ccccc2C1)NC1CCN(c2ccc(C)cc2)C1.I. The van der Waals surface area contributed by atoms with Crippen LogP contribution in [0.15, 0.2) is 53.5 Å². The lowest BCUT2D eigenvalue weighted by atomic mass is 10.00. The Morgan fingerprint density at radius 3 is 2.58 bits per heavy atom. The predicted molar refractivity (Wildman–Crippen MR) is 137 cm³/mol. The van der Waals surface area contributed by atoms with E-state index in [0.29, 0.717) is 18.5 Å². The number of nitrogens with one attached hydrogen (secondary N) is 2. The fourth-order valence-corrected chi connectivity index (χ4v) is 4.24. The van der Waals surface area contributed by atoms with E-state index in [2.05, 4.69) is 69.9 Å². The van der Waals surface area contributed by atoms with Gasteiger partial charge in [-0.2, -0.15) is 0 Å². The highest BCUT2D eigenvalue weighted by Crippen LogP contribution is 2.21. The second kappa shape index (κ2) is 10.8. The molecule has 1 unspecified atom stereocenters. The Labute approximate surface area is 202 Å². The van der Waals surface area contributed by atoms with E-state index >= 15 is 0 Å². The molecular weight excluding hydrogens is 501 g/mol. The summed E-state index contributed by atoms with van der Waals surface area (Å²) in [7, 11) is 1.75. The van der Waals surface area contributed by atoms with Gasteiger partial charge in [-0.05, 0) is 43.0 Å². The number of anilines is 1. The maximum Gasteiger partial charge on any atom is 0.242 e. The summed E-state index contributed by atoms with van der Waals surface area (Å²) in [6.07, 6.45) is 1.97. The third kappa shape index (κ3) is 5.90. The fourth-order valence-electron chi connectivity index (χ4n) is 4.24. The Bertz CT molecular complexity index is 914. The van der Waals surface area contributed by atoms with Crippen molar-refractivity contribution in [3.05, 3.63) is 65.2 Å². The summed E-state index contributed by atoms with van der Waals surface area (Å²) in [5.74, 6) is 0.802. The number of nitrogens with zero attached hydrogens (tertiary/aromatic N) is 3. The van der Waals surface area contributed by atoms with E-state index in [1.54, 1.807) is 7.05 Å². The first-order valence-corrected chi connectivity index (χ1v) is 10.8. The summed E-state index contributed by atoms with van der Waals surface area (Å²) in [5, 5.41) is 6.69. The van der Waals surface area contributed by atoms with E-state index in [-0.39, 0.29) is 36.4 Å². The average molecular weight is 533 g/mol. The predicted octanol–water partition coefficient (Wildman–Crippen LogP) is 2.94.